The Labute approximate surface area is 77.1 Å². The fourth-order valence-corrected chi connectivity index (χ4v) is 1.18. The van der Waals surface area contributed by atoms with Crippen molar-refractivity contribution in [1.82, 2.24) is 0 Å². The van der Waals surface area contributed by atoms with E-state index in [9.17, 15) is 4.39 Å². The van der Waals surface area contributed by atoms with Crippen molar-refractivity contribution in [1.29, 1.82) is 0 Å². The molecule has 2 rings (SSSR count). The van der Waals surface area contributed by atoms with Crippen LogP contribution in [0.2, 0.25) is 0 Å². The van der Waals surface area contributed by atoms with Crippen LogP contribution < -0.4 is 5.73 Å². The highest BCUT2D eigenvalue weighted by Crippen LogP contribution is 2.30. The van der Waals surface area contributed by atoms with Gasteiger partial charge in [0.2, 0.25) is 0 Å². The number of halogens is 1. The molecule has 1 aromatic rings. The number of benzene rings is 1. The highest BCUT2D eigenvalue weighted by Gasteiger charge is 2.16. The molecule has 0 atom stereocenters. The second-order valence-corrected chi connectivity index (χ2v) is 3.48. The third-order valence-corrected chi connectivity index (χ3v) is 2.21. The Bertz CT molecular complexity index is 340. The lowest BCUT2D eigenvalue weighted by molar-refractivity contribution is 0.632. The molecule has 2 heteroatoms. The van der Waals surface area contributed by atoms with Crippen molar-refractivity contribution < 1.29 is 4.39 Å². The smallest absolute Gasteiger partial charge is 0.146 e. The number of hydrogen-bond donors (Lipinski definition) is 1. The van der Waals surface area contributed by atoms with Crippen LogP contribution in [-0.4, -0.2) is 0 Å². The van der Waals surface area contributed by atoms with Gasteiger partial charge in [0.05, 0.1) is 5.69 Å². The average Bonchev–Trinajstić information content (AvgIpc) is 2.91. The minimum Gasteiger partial charge on any atom is -0.396 e. The Kier molecular flexibility index (Phi) is 2.05. The Morgan fingerprint density at radius 3 is 2.77 bits per heavy atom. The lowest BCUT2D eigenvalue weighted by Gasteiger charge is -1.97. The normalized spacial score (nSPS) is 16.7. The Morgan fingerprint density at radius 1 is 1.38 bits per heavy atom. The lowest BCUT2D eigenvalue weighted by Crippen LogP contribution is -1.89. The molecule has 1 aliphatic carbocycles. The molecular weight excluding hydrogens is 165 g/mol. The molecule has 1 fully saturated rings. The molecule has 2 N–H and O–H groups in total. The summed E-state index contributed by atoms with van der Waals surface area (Å²) < 4.78 is 13.0. The number of allylic oxidation sites excluding steroid dienone is 1. The van der Waals surface area contributed by atoms with Crippen molar-refractivity contribution >= 4 is 11.8 Å². The molecule has 0 spiro atoms. The van der Waals surface area contributed by atoms with E-state index in [0.29, 0.717) is 0 Å². The number of nitrogens with two attached hydrogens (primary N) is 1. The summed E-state index contributed by atoms with van der Waals surface area (Å²) in [5.41, 5.74) is 6.46. The van der Waals surface area contributed by atoms with Crippen LogP contribution in [0, 0.1) is 11.7 Å². The zero-order chi connectivity index (χ0) is 9.26. The molecule has 0 amide bonds. The third-order valence-electron chi connectivity index (χ3n) is 2.21. The highest BCUT2D eigenvalue weighted by molar-refractivity contribution is 5.54. The molecule has 13 heavy (non-hydrogen) atoms. The maximum absolute atomic E-state index is 13.0. The van der Waals surface area contributed by atoms with E-state index in [1.807, 2.05) is 12.1 Å². The Hall–Kier alpha value is -1.31. The van der Waals surface area contributed by atoms with E-state index in [4.69, 9.17) is 5.73 Å². The Morgan fingerprint density at radius 2 is 2.15 bits per heavy atom. The first-order chi connectivity index (χ1) is 6.25. The molecule has 1 aromatic carbocycles. The van der Waals surface area contributed by atoms with Crippen LogP contribution in [0.25, 0.3) is 6.08 Å². The van der Waals surface area contributed by atoms with Crippen molar-refractivity contribution in [3.8, 4) is 0 Å². The largest absolute Gasteiger partial charge is 0.396 e. The average molecular weight is 177 g/mol. The van der Waals surface area contributed by atoms with Gasteiger partial charge in [0.1, 0.15) is 5.82 Å². The molecule has 0 heterocycles. The fourth-order valence-electron chi connectivity index (χ4n) is 1.18. The van der Waals surface area contributed by atoms with Gasteiger partial charge in [0.15, 0.2) is 0 Å². The summed E-state index contributed by atoms with van der Waals surface area (Å²) in [6.45, 7) is 0. The minimum atomic E-state index is -0.335. The molecule has 68 valence electrons. The van der Waals surface area contributed by atoms with Crippen molar-refractivity contribution in [2.75, 3.05) is 5.73 Å². The van der Waals surface area contributed by atoms with E-state index >= 15 is 0 Å². The first kappa shape index (κ1) is 8.30. The first-order valence-electron chi connectivity index (χ1n) is 4.49. The van der Waals surface area contributed by atoms with Gasteiger partial charge >= 0.3 is 0 Å². The SMILES string of the molecule is Nc1ccc(C=CC2CC2)cc1F. The van der Waals surface area contributed by atoms with E-state index < -0.39 is 0 Å². The van der Waals surface area contributed by atoms with Crippen LogP contribution in [0.3, 0.4) is 0 Å². The van der Waals surface area contributed by atoms with Gasteiger partial charge in [-0.05, 0) is 36.5 Å². The number of rotatable bonds is 2. The molecule has 0 aliphatic heterocycles. The maximum Gasteiger partial charge on any atom is 0.146 e. The van der Waals surface area contributed by atoms with Crippen LogP contribution in [0.15, 0.2) is 24.3 Å². The summed E-state index contributed by atoms with van der Waals surface area (Å²) in [4.78, 5) is 0. The molecule has 0 saturated heterocycles. The van der Waals surface area contributed by atoms with Crippen LogP contribution in [0.5, 0.6) is 0 Å². The summed E-state index contributed by atoms with van der Waals surface area (Å²) in [5, 5.41) is 0. The van der Waals surface area contributed by atoms with Crippen LogP contribution in [0.4, 0.5) is 10.1 Å². The van der Waals surface area contributed by atoms with Crippen LogP contribution >= 0.6 is 0 Å². The molecular formula is C11H12FN. The number of anilines is 1. The summed E-state index contributed by atoms with van der Waals surface area (Å²) >= 11 is 0. The number of hydrogen-bond acceptors (Lipinski definition) is 1. The molecule has 0 aromatic heterocycles. The van der Waals surface area contributed by atoms with Gasteiger partial charge in [-0.3, -0.25) is 0 Å². The standard InChI is InChI=1S/C11H12FN/c12-10-7-9(5-6-11(10)13)4-3-8-1-2-8/h3-8H,1-2,13H2. The van der Waals surface area contributed by atoms with E-state index in [1.54, 1.807) is 6.07 Å². The van der Waals surface area contributed by atoms with Gasteiger partial charge < -0.3 is 5.73 Å². The van der Waals surface area contributed by atoms with Crippen molar-refractivity contribution in [2.24, 2.45) is 5.92 Å². The minimum absolute atomic E-state index is 0.212. The van der Waals surface area contributed by atoms with Gasteiger partial charge in [-0.1, -0.05) is 18.2 Å². The summed E-state index contributed by atoms with van der Waals surface area (Å²) in [7, 11) is 0. The highest BCUT2D eigenvalue weighted by atomic mass is 19.1. The summed E-state index contributed by atoms with van der Waals surface area (Å²) in [6.07, 6.45) is 6.63. The van der Waals surface area contributed by atoms with Crippen molar-refractivity contribution in [3.05, 3.63) is 35.7 Å². The van der Waals surface area contributed by atoms with E-state index in [1.165, 1.54) is 18.9 Å². The van der Waals surface area contributed by atoms with Gasteiger partial charge in [0.25, 0.3) is 0 Å². The van der Waals surface area contributed by atoms with E-state index in [0.717, 1.165) is 11.5 Å². The molecule has 0 bridgehead atoms. The molecule has 1 aliphatic rings. The summed E-state index contributed by atoms with van der Waals surface area (Å²) in [5.74, 6) is 0.388. The zero-order valence-electron chi connectivity index (χ0n) is 7.33. The predicted octanol–water partition coefficient (Wildman–Crippen LogP) is 2.83. The first-order valence-corrected chi connectivity index (χ1v) is 4.49. The fraction of sp³-hybridized carbons (Fsp3) is 0.273. The monoisotopic (exact) mass is 177 g/mol. The van der Waals surface area contributed by atoms with E-state index in [2.05, 4.69) is 6.08 Å². The van der Waals surface area contributed by atoms with Crippen molar-refractivity contribution in [3.63, 3.8) is 0 Å². The second kappa shape index (κ2) is 3.21. The molecule has 1 saturated carbocycles. The summed E-state index contributed by atoms with van der Waals surface area (Å²) in [6, 6.07) is 4.90. The maximum atomic E-state index is 13.0. The van der Waals surface area contributed by atoms with Gasteiger partial charge in [-0.25, -0.2) is 4.39 Å². The Balaban J connectivity index is 2.15. The zero-order valence-corrected chi connectivity index (χ0v) is 7.33. The predicted molar refractivity (Wildman–Crippen MR) is 52.6 cm³/mol. The third kappa shape index (κ3) is 2.08. The van der Waals surface area contributed by atoms with Gasteiger partial charge in [0, 0.05) is 0 Å². The molecule has 0 unspecified atom stereocenters. The topological polar surface area (TPSA) is 26.0 Å². The van der Waals surface area contributed by atoms with Gasteiger partial charge in [-0.2, -0.15) is 0 Å². The van der Waals surface area contributed by atoms with E-state index in [-0.39, 0.29) is 11.5 Å². The molecule has 0 radical (unpaired) electrons. The van der Waals surface area contributed by atoms with Crippen LogP contribution in [0.1, 0.15) is 18.4 Å². The molecule has 1 nitrogen and oxygen atoms in total. The van der Waals surface area contributed by atoms with Crippen molar-refractivity contribution in [2.45, 2.75) is 12.8 Å². The van der Waals surface area contributed by atoms with Crippen LogP contribution in [-0.2, 0) is 0 Å². The lowest BCUT2D eigenvalue weighted by atomic mass is 10.1. The second-order valence-electron chi connectivity index (χ2n) is 3.48. The van der Waals surface area contributed by atoms with Gasteiger partial charge in [-0.15, -0.1) is 0 Å². The quantitative estimate of drug-likeness (QED) is 0.690. The number of nitrogen functional groups attached to an aromatic ring is 1.